The van der Waals surface area contributed by atoms with E-state index in [0.29, 0.717) is 0 Å². The molecule has 0 saturated carbocycles. The Morgan fingerprint density at radius 1 is 0.846 bits per heavy atom. The van der Waals surface area contributed by atoms with Crippen molar-refractivity contribution in [3.63, 3.8) is 0 Å². The van der Waals surface area contributed by atoms with Crippen molar-refractivity contribution in [1.29, 1.82) is 0 Å². The molecule has 1 heteroatoms. The van der Waals surface area contributed by atoms with Gasteiger partial charge in [-0.25, -0.2) is 0 Å². The van der Waals surface area contributed by atoms with Gasteiger partial charge in [-0.1, -0.05) is 38.3 Å². The summed E-state index contributed by atoms with van der Waals surface area (Å²) in [4.78, 5) is 0. The van der Waals surface area contributed by atoms with Crippen molar-refractivity contribution in [2.75, 3.05) is 5.88 Å². The second kappa shape index (κ2) is 12.0. The molecular formula is C12H23Cl. The molecule has 0 spiro atoms. The Labute approximate surface area is 88.4 Å². The normalized spacial score (nSPS) is 11.2. The zero-order valence-corrected chi connectivity index (χ0v) is 9.65. The molecule has 0 aromatic carbocycles. The molecule has 0 rings (SSSR count). The van der Waals surface area contributed by atoms with Crippen molar-refractivity contribution < 1.29 is 0 Å². The Morgan fingerprint density at radius 3 is 2.00 bits per heavy atom. The third-order valence-corrected chi connectivity index (χ3v) is 2.41. The summed E-state index contributed by atoms with van der Waals surface area (Å²) >= 11 is 5.57. The second-order valence-electron chi connectivity index (χ2n) is 3.51. The minimum Gasteiger partial charge on any atom is -0.127 e. The quantitative estimate of drug-likeness (QED) is 0.283. The predicted octanol–water partition coefficient (Wildman–Crippen LogP) is 4.92. The zero-order valence-electron chi connectivity index (χ0n) is 8.90. The summed E-state index contributed by atoms with van der Waals surface area (Å²) < 4.78 is 0. The highest BCUT2D eigenvalue weighted by atomic mass is 35.5. The number of allylic oxidation sites excluding steroid dienone is 2. The first-order chi connectivity index (χ1) is 6.41. The summed E-state index contributed by atoms with van der Waals surface area (Å²) in [7, 11) is 0. The molecule has 78 valence electrons. The lowest BCUT2D eigenvalue weighted by Gasteiger charge is -1.94. The minimum atomic E-state index is 0.810. The average Bonchev–Trinajstić information content (AvgIpc) is 2.16. The molecule has 13 heavy (non-hydrogen) atoms. The Kier molecular flexibility index (Phi) is 12.1. The fourth-order valence-electron chi connectivity index (χ4n) is 1.28. The van der Waals surface area contributed by atoms with Crippen molar-refractivity contribution >= 4 is 11.6 Å². The van der Waals surface area contributed by atoms with Crippen LogP contribution in [0.15, 0.2) is 12.2 Å². The Bertz CT molecular complexity index is 108. The van der Waals surface area contributed by atoms with Crippen molar-refractivity contribution in [1.82, 2.24) is 0 Å². The molecule has 0 radical (unpaired) electrons. The van der Waals surface area contributed by atoms with E-state index in [9.17, 15) is 0 Å². The number of rotatable bonds is 9. The molecule has 0 heterocycles. The molecular weight excluding hydrogens is 180 g/mol. The lowest BCUT2D eigenvalue weighted by Crippen LogP contribution is -1.76. The van der Waals surface area contributed by atoms with E-state index in [4.69, 9.17) is 11.6 Å². The maximum absolute atomic E-state index is 5.57. The van der Waals surface area contributed by atoms with Crippen molar-refractivity contribution in [2.24, 2.45) is 0 Å². The molecule has 0 aliphatic heterocycles. The summed E-state index contributed by atoms with van der Waals surface area (Å²) in [5.41, 5.74) is 0. The molecule has 0 unspecified atom stereocenters. The number of hydrogen-bond donors (Lipinski definition) is 0. The molecule has 0 bridgehead atoms. The lowest BCUT2D eigenvalue weighted by molar-refractivity contribution is 0.673. The van der Waals surface area contributed by atoms with E-state index in [0.717, 1.165) is 12.3 Å². The first kappa shape index (κ1) is 13.0. The fraction of sp³-hybridized carbons (Fsp3) is 0.833. The standard InChI is InChI=1S/C12H23Cl/c1-2-3-4-5-6-7-8-9-10-11-12-13/h7-8H,2-6,9-12H2,1H3. The number of alkyl halides is 1. The third-order valence-electron chi connectivity index (χ3n) is 2.15. The van der Waals surface area contributed by atoms with E-state index < -0.39 is 0 Å². The molecule has 0 aliphatic carbocycles. The van der Waals surface area contributed by atoms with Gasteiger partial charge in [0.15, 0.2) is 0 Å². The minimum absolute atomic E-state index is 0.810. The van der Waals surface area contributed by atoms with Crippen molar-refractivity contribution in [2.45, 2.75) is 58.3 Å². The molecule has 0 aromatic rings. The molecule has 0 amide bonds. The molecule has 0 aromatic heterocycles. The van der Waals surface area contributed by atoms with E-state index in [1.165, 1.54) is 44.9 Å². The maximum atomic E-state index is 5.57. The van der Waals surface area contributed by atoms with E-state index in [1.807, 2.05) is 0 Å². The van der Waals surface area contributed by atoms with Crippen LogP contribution in [0.25, 0.3) is 0 Å². The van der Waals surface area contributed by atoms with Crippen LogP contribution in [0.2, 0.25) is 0 Å². The smallest absolute Gasteiger partial charge is 0.0223 e. The van der Waals surface area contributed by atoms with Gasteiger partial charge in [0, 0.05) is 5.88 Å². The van der Waals surface area contributed by atoms with Gasteiger partial charge in [0.25, 0.3) is 0 Å². The summed E-state index contributed by atoms with van der Waals surface area (Å²) in [5.74, 6) is 0.810. The van der Waals surface area contributed by atoms with Gasteiger partial charge >= 0.3 is 0 Å². The van der Waals surface area contributed by atoms with Crippen LogP contribution in [-0.4, -0.2) is 5.88 Å². The summed E-state index contributed by atoms with van der Waals surface area (Å²) in [6, 6.07) is 0. The molecule has 0 N–H and O–H groups in total. The molecule has 0 atom stereocenters. The Morgan fingerprint density at radius 2 is 1.46 bits per heavy atom. The molecule has 0 nitrogen and oxygen atoms in total. The summed E-state index contributed by atoms with van der Waals surface area (Å²) in [6.45, 7) is 2.25. The topological polar surface area (TPSA) is 0 Å². The molecule has 0 aliphatic rings. The van der Waals surface area contributed by atoms with Gasteiger partial charge in [-0.2, -0.15) is 0 Å². The summed E-state index contributed by atoms with van der Waals surface area (Å²) in [5, 5.41) is 0. The van der Waals surface area contributed by atoms with Gasteiger partial charge in [0.05, 0.1) is 0 Å². The molecule has 0 saturated heterocycles. The SMILES string of the molecule is CCCCCCC=CCCCCCl. The Balaban J connectivity index is 2.95. The van der Waals surface area contributed by atoms with Crippen molar-refractivity contribution in [3.8, 4) is 0 Å². The maximum Gasteiger partial charge on any atom is 0.0223 e. The van der Waals surface area contributed by atoms with E-state index in [1.54, 1.807) is 0 Å². The zero-order chi connectivity index (χ0) is 9.78. The van der Waals surface area contributed by atoms with Crippen molar-refractivity contribution in [3.05, 3.63) is 12.2 Å². The highest BCUT2D eigenvalue weighted by molar-refractivity contribution is 6.17. The largest absolute Gasteiger partial charge is 0.127 e. The van der Waals surface area contributed by atoms with Gasteiger partial charge in [-0.05, 0) is 32.1 Å². The van der Waals surface area contributed by atoms with Crippen LogP contribution in [0.4, 0.5) is 0 Å². The van der Waals surface area contributed by atoms with E-state index in [2.05, 4.69) is 19.1 Å². The van der Waals surface area contributed by atoms with Crippen LogP contribution in [0.5, 0.6) is 0 Å². The van der Waals surface area contributed by atoms with Crippen LogP contribution >= 0.6 is 11.6 Å². The van der Waals surface area contributed by atoms with Gasteiger partial charge in [0.1, 0.15) is 0 Å². The van der Waals surface area contributed by atoms with Crippen LogP contribution in [-0.2, 0) is 0 Å². The summed E-state index contributed by atoms with van der Waals surface area (Å²) in [6.07, 6.45) is 15.0. The van der Waals surface area contributed by atoms with Crippen LogP contribution < -0.4 is 0 Å². The number of halogens is 1. The van der Waals surface area contributed by atoms with E-state index in [-0.39, 0.29) is 0 Å². The number of hydrogen-bond acceptors (Lipinski definition) is 0. The van der Waals surface area contributed by atoms with Gasteiger partial charge in [0.2, 0.25) is 0 Å². The van der Waals surface area contributed by atoms with Crippen LogP contribution in [0.1, 0.15) is 58.3 Å². The predicted molar refractivity (Wildman–Crippen MR) is 62.5 cm³/mol. The third kappa shape index (κ3) is 12.0. The first-order valence-electron chi connectivity index (χ1n) is 5.62. The van der Waals surface area contributed by atoms with Gasteiger partial charge < -0.3 is 0 Å². The van der Waals surface area contributed by atoms with E-state index >= 15 is 0 Å². The molecule has 0 fully saturated rings. The Hall–Kier alpha value is 0.0300. The average molecular weight is 203 g/mol. The lowest BCUT2D eigenvalue weighted by atomic mass is 10.1. The van der Waals surface area contributed by atoms with Crippen LogP contribution in [0.3, 0.4) is 0 Å². The first-order valence-corrected chi connectivity index (χ1v) is 6.16. The highest BCUT2D eigenvalue weighted by Crippen LogP contribution is 2.04. The van der Waals surface area contributed by atoms with Gasteiger partial charge in [-0.15, -0.1) is 11.6 Å². The van der Waals surface area contributed by atoms with Crippen LogP contribution in [0, 0.1) is 0 Å². The second-order valence-corrected chi connectivity index (χ2v) is 3.88. The number of unbranched alkanes of at least 4 members (excludes halogenated alkanes) is 6. The highest BCUT2D eigenvalue weighted by Gasteiger charge is 1.85. The fourth-order valence-corrected chi connectivity index (χ4v) is 1.47. The van der Waals surface area contributed by atoms with Gasteiger partial charge in [-0.3, -0.25) is 0 Å². The monoisotopic (exact) mass is 202 g/mol.